The van der Waals surface area contributed by atoms with Crippen molar-refractivity contribution in [2.75, 3.05) is 23.3 Å². The molecule has 0 spiro atoms. The molecule has 7 nitrogen and oxygen atoms in total. The van der Waals surface area contributed by atoms with Gasteiger partial charge >= 0.3 is 0 Å². The van der Waals surface area contributed by atoms with Gasteiger partial charge in [-0.25, -0.2) is 12.8 Å². The number of carbonyl (C=O) groups is 1. The monoisotopic (exact) mass is 467 g/mol. The summed E-state index contributed by atoms with van der Waals surface area (Å²) in [6.45, 7) is 1.53. The number of hydrogen-bond acceptors (Lipinski definition) is 5. The zero-order valence-electron chi connectivity index (χ0n) is 18.0. The lowest BCUT2D eigenvalue weighted by Gasteiger charge is -2.13. The molecule has 0 saturated carbocycles. The molecule has 0 radical (unpaired) electrons. The van der Waals surface area contributed by atoms with Crippen molar-refractivity contribution < 1.29 is 22.0 Å². The van der Waals surface area contributed by atoms with E-state index in [4.69, 9.17) is 10.2 Å². The van der Waals surface area contributed by atoms with Crippen LogP contribution in [-0.4, -0.2) is 27.1 Å². The minimum absolute atomic E-state index is 0.121. The van der Waals surface area contributed by atoms with Gasteiger partial charge < -0.3 is 15.5 Å². The number of nitrogen functional groups attached to an aromatic ring is 1. The lowest BCUT2D eigenvalue weighted by Crippen LogP contribution is -2.18. The highest BCUT2D eigenvalue weighted by molar-refractivity contribution is 7.92. The quantitative estimate of drug-likeness (QED) is 0.358. The van der Waals surface area contributed by atoms with E-state index in [1.54, 1.807) is 36.4 Å². The molecule has 4 aromatic rings. The number of amides is 1. The Labute approximate surface area is 190 Å². The van der Waals surface area contributed by atoms with Gasteiger partial charge in [-0.2, -0.15) is 0 Å². The first-order valence-electron chi connectivity index (χ1n) is 10.2. The molecule has 1 amide bonds. The zero-order valence-corrected chi connectivity index (χ0v) is 18.8. The highest BCUT2D eigenvalue weighted by Crippen LogP contribution is 2.40. The molecule has 3 aromatic carbocycles. The molecule has 0 aliphatic rings. The summed E-state index contributed by atoms with van der Waals surface area (Å²) in [7, 11) is -2.11. The number of fused-ring (bicyclic) bond motifs is 1. The number of halogens is 1. The third-order valence-corrected chi connectivity index (χ3v) is 6.52. The fourth-order valence-electron chi connectivity index (χ4n) is 3.57. The fraction of sp³-hybridized carbons (Fsp3) is 0.125. The molecule has 4 N–H and O–H groups in total. The van der Waals surface area contributed by atoms with Crippen LogP contribution in [0.5, 0.6) is 0 Å². The van der Waals surface area contributed by atoms with Gasteiger partial charge in [0.25, 0.3) is 5.91 Å². The zero-order chi connectivity index (χ0) is 23.8. The van der Waals surface area contributed by atoms with Crippen LogP contribution in [0, 0.1) is 5.82 Å². The summed E-state index contributed by atoms with van der Waals surface area (Å²) < 4.78 is 46.8. The minimum atomic E-state index is -3.61. The Hall–Kier alpha value is -3.85. The Morgan fingerprint density at radius 3 is 2.42 bits per heavy atom. The first-order chi connectivity index (χ1) is 15.7. The first kappa shape index (κ1) is 22.3. The summed E-state index contributed by atoms with van der Waals surface area (Å²) in [5.41, 5.74) is 9.01. The van der Waals surface area contributed by atoms with Crippen LogP contribution in [0.4, 0.5) is 15.8 Å². The van der Waals surface area contributed by atoms with E-state index in [2.05, 4.69) is 10.0 Å². The van der Waals surface area contributed by atoms with Crippen molar-refractivity contribution in [1.29, 1.82) is 0 Å². The van der Waals surface area contributed by atoms with E-state index in [0.717, 1.165) is 0 Å². The number of benzene rings is 3. The number of anilines is 2. The molecular weight excluding hydrogens is 445 g/mol. The van der Waals surface area contributed by atoms with Gasteiger partial charge in [0.2, 0.25) is 10.0 Å². The van der Waals surface area contributed by atoms with Crippen molar-refractivity contribution >= 4 is 38.3 Å². The van der Waals surface area contributed by atoms with Crippen LogP contribution < -0.4 is 15.8 Å². The summed E-state index contributed by atoms with van der Waals surface area (Å²) in [4.78, 5) is 12.8. The van der Waals surface area contributed by atoms with Crippen molar-refractivity contribution in [2.45, 2.75) is 6.92 Å². The Balaban J connectivity index is 2.04. The predicted octanol–water partition coefficient (Wildman–Crippen LogP) is 4.61. The molecule has 1 aromatic heterocycles. The van der Waals surface area contributed by atoms with Gasteiger partial charge in [0.15, 0.2) is 0 Å². The van der Waals surface area contributed by atoms with Gasteiger partial charge in [0.05, 0.1) is 17.0 Å². The van der Waals surface area contributed by atoms with Crippen LogP contribution in [-0.2, 0) is 10.0 Å². The van der Waals surface area contributed by atoms with Crippen LogP contribution >= 0.6 is 0 Å². The van der Waals surface area contributed by atoms with Crippen LogP contribution in [0.3, 0.4) is 0 Å². The summed E-state index contributed by atoms with van der Waals surface area (Å²) >= 11 is 0. The van der Waals surface area contributed by atoms with E-state index < -0.39 is 21.7 Å². The Morgan fingerprint density at radius 1 is 1.06 bits per heavy atom. The topological polar surface area (TPSA) is 114 Å². The number of rotatable bonds is 6. The second kappa shape index (κ2) is 8.59. The van der Waals surface area contributed by atoms with Gasteiger partial charge in [0, 0.05) is 35.3 Å². The van der Waals surface area contributed by atoms with Gasteiger partial charge in [-0.1, -0.05) is 12.1 Å². The van der Waals surface area contributed by atoms with E-state index >= 15 is 0 Å². The van der Waals surface area contributed by atoms with Gasteiger partial charge in [-0.3, -0.25) is 9.52 Å². The summed E-state index contributed by atoms with van der Waals surface area (Å²) in [5, 5.41) is 3.08. The van der Waals surface area contributed by atoms with Crippen molar-refractivity contribution in [3.05, 3.63) is 72.0 Å². The van der Waals surface area contributed by atoms with E-state index in [9.17, 15) is 17.6 Å². The smallest absolute Gasteiger partial charge is 0.255 e. The number of nitrogens with two attached hydrogens (primary N) is 1. The number of nitrogens with one attached hydrogen (secondary N) is 2. The average molecular weight is 468 g/mol. The normalized spacial score (nSPS) is 11.5. The van der Waals surface area contributed by atoms with Crippen molar-refractivity contribution in [2.24, 2.45) is 0 Å². The molecule has 170 valence electrons. The van der Waals surface area contributed by atoms with Gasteiger partial charge in [-0.15, -0.1) is 0 Å². The molecule has 4 rings (SSSR count). The maximum atomic E-state index is 13.5. The van der Waals surface area contributed by atoms with E-state index in [1.807, 2.05) is 0 Å². The van der Waals surface area contributed by atoms with Gasteiger partial charge in [-0.05, 0) is 55.0 Å². The van der Waals surface area contributed by atoms with Gasteiger partial charge in [0.1, 0.15) is 17.2 Å². The molecule has 0 unspecified atom stereocenters. The van der Waals surface area contributed by atoms with E-state index in [-0.39, 0.29) is 22.8 Å². The predicted molar refractivity (Wildman–Crippen MR) is 128 cm³/mol. The van der Waals surface area contributed by atoms with E-state index in [1.165, 1.54) is 38.2 Å². The minimum Gasteiger partial charge on any atom is -0.455 e. The molecular formula is C24H22FN3O4S. The molecule has 9 heteroatoms. The number of carbonyl (C=O) groups excluding carboxylic acids is 1. The molecule has 33 heavy (non-hydrogen) atoms. The molecule has 0 aliphatic heterocycles. The summed E-state index contributed by atoms with van der Waals surface area (Å²) in [5.74, 6) is -0.687. The summed E-state index contributed by atoms with van der Waals surface area (Å²) in [6.07, 6.45) is 0. The molecule has 0 saturated heterocycles. The third kappa shape index (κ3) is 4.40. The molecule has 0 aliphatic carbocycles. The Morgan fingerprint density at radius 2 is 1.79 bits per heavy atom. The van der Waals surface area contributed by atoms with Crippen molar-refractivity contribution in [3.8, 4) is 22.5 Å². The second-order valence-electron chi connectivity index (χ2n) is 7.42. The number of furan rings is 1. The van der Waals surface area contributed by atoms with E-state index in [0.29, 0.717) is 33.3 Å². The maximum absolute atomic E-state index is 13.5. The number of hydrogen-bond donors (Lipinski definition) is 3. The van der Waals surface area contributed by atoms with Crippen LogP contribution in [0.15, 0.2) is 65.1 Å². The van der Waals surface area contributed by atoms with Crippen LogP contribution in [0.1, 0.15) is 17.3 Å². The fourth-order valence-corrected chi connectivity index (χ4v) is 4.22. The van der Waals surface area contributed by atoms with Crippen molar-refractivity contribution in [3.63, 3.8) is 0 Å². The van der Waals surface area contributed by atoms with Crippen LogP contribution in [0.2, 0.25) is 0 Å². The summed E-state index contributed by atoms with van der Waals surface area (Å²) in [6, 6.07) is 15.8. The third-order valence-electron chi connectivity index (χ3n) is 5.23. The lowest BCUT2D eigenvalue weighted by molar-refractivity contribution is 0.0964. The SMILES string of the molecule is CCS(=O)(=O)Nc1cc2oc(-c3ccc(F)cc3)c(C(=O)NC)c2cc1-c1cccc(N)c1. The Bertz CT molecular complexity index is 1460. The molecule has 0 bridgehead atoms. The highest BCUT2D eigenvalue weighted by Gasteiger charge is 2.24. The first-order valence-corrected chi connectivity index (χ1v) is 11.8. The molecule has 0 atom stereocenters. The largest absolute Gasteiger partial charge is 0.455 e. The second-order valence-corrected chi connectivity index (χ2v) is 9.43. The number of sulfonamides is 1. The highest BCUT2D eigenvalue weighted by atomic mass is 32.2. The molecule has 0 fully saturated rings. The standard InChI is InChI=1S/C24H22FN3O4S/c1-3-33(30,31)28-20-13-21-19(12-18(20)15-5-4-6-17(26)11-15)22(24(29)27-2)23(32-21)14-7-9-16(25)10-8-14/h4-13,28H,3,26H2,1-2H3,(H,27,29). The van der Waals surface area contributed by atoms with Crippen molar-refractivity contribution in [1.82, 2.24) is 5.32 Å². The average Bonchev–Trinajstić information content (AvgIpc) is 3.16. The molecule has 1 heterocycles. The lowest BCUT2D eigenvalue weighted by atomic mass is 9.98. The van der Waals surface area contributed by atoms with Crippen LogP contribution in [0.25, 0.3) is 33.4 Å². The maximum Gasteiger partial charge on any atom is 0.255 e. The Kier molecular flexibility index (Phi) is 5.82.